The van der Waals surface area contributed by atoms with Gasteiger partial charge in [-0.15, -0.1) is 0 Å². The SMILES string of the molecule is CCc1ccc(NC(=O)c2c(O)c3c(CC)cccc3n(C)c2=O)cc1. The minimum Gasteiger partial charge on any atom is -0.506 e. The second kappa shape index (κ2) is 7.04. The zero-order valence-electron chi connectivity index (χ0n) is 15.2. The highest BCUT2D eigenvalue weighted by molar-refractivity contribution is 6.09. The third kappa shape index (κ3) is 2.96. The predicted molar refractivity (Wildman–Crippen MR) is 104 cm³/mol. The first-order valence-corrected chi connectivity index (χ1v) is 8.71. The number of nitrogens with zero attached hydrogens (tertiary/aromatic N) is 1. The molecule has 0 aliphatic heterocycles. The summed E-state index contributed by atoms with van der Waals surface area (Å²) < 4.78 is 1.41. The van der Waals surface area contributed by atoms with Gasteiger partial charge in [-0.3, -0.25) is 9.59 Å². The van der Waals surface area contributed by atoms with E-state index in [2.05, 4.69) is 12.2 Å². The molecule has 0 aliphatic rings. The summed E-state index contributed by atoms with van der Waals surface area (Å²) in [7, 11) is 1.61. The van der Waals surface area contributed by atoms with E-state index >= 15 is 0 Å². The van der Waals surface area contributed by atoms with Crippen molar-refractivity contribution in [1.82, 2.24) is 4.57 Å². The Bertz CT molecular complexity index is 1030. The summed E-state index contributed by atoms with van der Waals surface area (Å²) in [6.45, 7) is 4.02. The number of pyridine rings is 1. The van der Waals surface area contributed by atoms with Crippen LogP contribution in [0.2, 0.25) is 0 Å². The van der Waals surface area contributed by atoms with Gasteiger partial charge >= 0.3 is 0 Å². The van der Waals surface area contributed by atoms with Crippen LogP contribution in [0, 0.1) is 0 Å². The van der Waals surface area contributed by atoms with Crippen molar-refractivity contribution < 1.29 is 9.90 Å². The molecule has 2 aromatic carbocycles. The van der Waals surface area contributed by atoms with Crippen molar-refractivity contribution in [3.8, 4) is 5.75 Å². The number of aromatic hydroxyl groups is 1. The van der Waals surface area contributed by atoms with Gasteiger partial charge in [-0.2, -0.15) is 0 Å². The molecule has 1 heterocycles. The Balaban J connectivity index is 2.11. The summed E-state index contributed by atoms with van der Waals surface area (Å²) in [4.78, 5) is 25.4. The highest BCUT2D eigenvalue weighted by Crippen LogP contribution is 2.30. The first-order valence-electron chi connectivity index (χ1n) is 8.71. The van der Waals surface area contributed by atoms with Gasteiger partial charge in [0.05, 0.1) is 5.52 Å². The lowest BCUT2D eigenvalue weighted by Gasteiger charge is -2.14. The number of anilines is 1. The number of carbonyl (C=O) groups excluding carboxylic acids is 1. The largest absolute Gasteiger partial charge is 0.506 e. The number of aromatic nitrogens is 1. The van der Waals surface area contributed by atoms with Gasteiger partial charge in [0, 0.05) is 18.1 Å². The Hall–Kier alpha value is -3.08. The number of fused-ring (bicyclic) bond motifs is 1. The Morgan fingerprint density at radius 2 is 1.77 bits per heavy atom. The lowest BCUT2D eigenvalue weighted by Crippen LogP contribution is -2.28. The van der Waals surface area contributed by atoms with Gasteiger partial charge in [-0.05, 0) is 42.2 Å². The Labute approximate surface area is 151 Å². The first kappa shape index (κ1) is 17.7. The maximum atomic E-state index is 12.7. The lowest BCUT2D eigenvalue weighted by atomic mass is 10.0. The molecule has 0 aliphatic carbocycles. The van der Waals surface area contributed by atoms with Crippen LogP contribution in [0.3, 0.4) is 0 Å². The van der Waals surface area contributed by atoms with Gasteiger partial charge in [-0.25, -0.2) is 0 Å². The maximum absolute atomic E-state index is 12.7. The maximum Gasteiger partial charge on any atom is 0.267 e. The molecule has 3 rings (SSSR count). The molecule has 0 bridgehead atoms. The molecule has 0 saturated carbocycles. The standard InChI is InChI=1S/C21H22N2O3/c1-4-13-9-11-15(12-10-13)22-20(25)18-19(24)17-14(5-2)7-6-8-16(17)23(3)21(18)26/h6-12,24H,4-5H2,1-3H3,(H,22,25). The summed E-state index contributed by atoms with van der Waals surface area (Å²) in [6.07, 6.45) is 1.59. The fourth-order valence-electron chi connectivity index (χ4n) is 3.16. The normalized spacial score (nSPS) is 10.9. The third-order valence-electron chi connectivity index (χ3n) is 4.71. The average molecular weight is 350 g/mol. The number of amides is 1. The highest BCUT2D eigenvalue weighted by atomic mass is 16.3. The zero-order valence-corrected chi connectivity index (χ0v) is 15.2. The van der Waals surface area contributed by atoms with Gasteiger partial charge in [-0.1, -0.05) is 38.1 Å². The minimum atomic E-state index is -0.611. The van der Waals surface area contributed by atoms with E-state index in [0.29, 0.717) is 23.0 Å². The Morgan fingerprint density at radius 1 is 1.08 bits per heavy atom. The van der Waals surface area contributed by atoms with E-state index in [-0.39, 0.29) is 11.3 Å². The third-order valence-corrected chi connectivity index (χ3v) is 4.71. The molecule has 0 saturated heterocycles. The molecule has 5 heteroatoms. The quantitative estimate of drug-likeness (QED) is 0.755. The smallest absolute Gasteiger partial charge is 0.267 e. The van der Waals surface area contributed by atoms with E-state index in [1.165, 1.54) is 4.57 Å². The number of hydrogen-bond acceptors (Lipinski definition) is 3. The van der Waals surface area contributed by atoms with E-state index < -0.39 is 11.5 Å². The fraction of sp³-hybridized carbons (Fsp3) is 0.238. The van der Waals surface area contributed by atoms with Crippen molar-refractivity contribution in [2.45, 2.75) is 26.7 Å². The highest BCUT2D eigenvalue weighted by Gasteiger charge is 2.22. The van der Waals surface area contributed by atoms with Crippen LogP contribution in [0.25, 0.3) is 10.9 Å². The number of benzene rings is 2. The topological polar surface area (TPSA) is 71.3 Å². The lowest BCUT2D eigenvalue weighted by molar-refractivity contribution is 0.102. The molecule has 26 heavy (non-hydrogen) atoms. The van der Waals surface area contributed by atoms with Gasteiger partial charge in [0.25, 0.3) is 11.5 Å². The monoisotopic (exact) mass is 350 g/mol. The van der Waals surface area contributed by atoms with Crippen LogP contribution in [-0.4, -0.2) is 15.6 Å². The van der Waals surface area contributed by atoms with E-state index in [1.54, 1.807) is 25.2 Å². The number of aryl methyl sites for hydroxylation is 3. The molecule has 0 radical (unpaired) electrons. The average Bonchev–Trinajstić information content (AvgIpc) is 2.66. The van der Waals surface area contributed by atoms with Gasteiger partial charge in [0.2, 0.25) is 0 Å². The van der Waals surface area contributed by atoms with E-state index in [1.807, 2.05) is 31.2 Å². The molecule has 1 amide bonds. The van der Waals surface area contributed by atoms with Crippen molar-refractivity contribution in [3.63, 3.8) is 0 Å². The Morgan fingerprint density at radius 3 is 2.38 bits per heavy atom. The zero-order chi connectivity index (χ0) is 18.8. The van der Waals surface area contributed by atoms with Gasteiger partial charge < -0.3 is 15.0 Å². The number of hydrogen-bond donors (Lipinski definition) is 2. The molecular weight excluding hydrogens is 328 g/mol. The number of rotatable bonds is 4. The van der Waals surface area contributed by atoms with E-state index in [0.717, 1.165) is 17.5 Å². The molecule has 2 N–H and O–H groups in total. The number of carbonyl (C=O) groups is 1. The van der Waals surface area contributed by atoms with Crippen molar-refractivity contribution >= 4 is 22.5 Å². The summed E-state index contributed by atoms with van der Waals surface area (Å²) in [6, 6.07) is 12.9. The molecule has 0 fully saturated rings. The van der Waals surface area contributed by atoms with E-state index in [4.69, 9.17) is 0 Å². The first-order chi connectivity index (χ1) is 12.5. The summed E-state index contributed by atoms with van der Waals surface area (Å²) in [5.74, 6) is -0.872. The van der Waals surface area contributed by atoms with Crippen molar-refractivity contribution in [2.24, 2.45) is 7.05 Å². The summed E-state index contributed by atoms with van der Waals surface area (Å²) in [5.41, 5.74) is 2.47. The second-order valence-corrected chi connectivity index (χ2v) is 6.26. The predicted octanol–water partition coefficient (Wildman–Crippen LogP) is 3.62. The van der Waals surface area contributed by atoms with Crippen molar-refractivity contribution in [2.75, 3.05) is 5.32 Å². The molecule has 0 atom stereocenters. The fourth-order valence-corrected chi connectivity index (χ4v) is 3.16. The second-order valence-electron chi connectivity index (χ2n) is 6.26. The van der Waals surface area contributed by atoms with Crippen LogP contribution >= 0.6 is 0 Å². The summed E-state index contributed by atoms with van der Waals surface area (Å²) >= 11 is 0. The van der Waals surface area contributed by atoms with Crippen molar-refractivity contribution in [3.05, 3.63) is 69.5 Å². The van der Waals surface area contributed by atoms with Crippen LogP contribution in [0.4, 0.5) is 5.69 Å². The molecule has 0 spiro atoms. The molecule has 134 valence electrons. The van der Waals surface area contributed by atoms with Crippen molar-refractivity contribution in [1.29, 1.82) is 0 Å². The van der Waals surface area contributed by atoms with Crippen LogP contribution in [0.1, 0.15) is 35.3 Å². The van der Waals surface area contributed by atoms with Gasteiger partial charge in [0.15, 0.2) is 0 Å². The van der Waals surface area contributed by atoms with Crippen LogP contribution < -0.4 is 10.9 Å². The number of nitrogens with one attached hydrogen (secondary N) is 1. The van der Waals surface area contributed by atoms with E-state index in [9.17, 15) is 14.7 Å². The molecule has 1 aromatic heterocycles. The Kier molecular flexibility index (Phi) is 4.80. The van der Waals surface area contributed by atoms with Crippen LogP contribution in [-0.2, 0) is 19.9 Å². The molecule has 0 unspecified atom stereocenters. The summed E-state index contributed by atoms with van der Waals surface area (Å²) in [5, 5.41) is 14.0. The molecular formula is C21H22N2O3. The van der Waals surface area contributed by atoms with Crippen LogP contribution in [0.15, 0.2) is 47.3 Å². The minimum absolute atomic E-state index is 0.236. The molecule has 5 nitrogen and oxygen atoms in total. The molecule has 3 aromatic rings. The van der Waals surface area contributed by atoms with Crippen LogP contribution in [0.5, 0.6) is 5.75 Å². The van der Waals surface area contributed by atoms with Gasteiger partial charge in [0.1, 0.15) is 11.3 Å².